The number of rotatable bonds is 7. The van der Waals surface area contributed by atoms with Crippen molar-refractivity contribution < 1.29 is 9.47 Å². The van der Waals surface area contributed by atoms with E-state index in [9.17, 15) is 0 Å². The van der Waals surface area contributed by atoms with Crippen LogP contribution in [-0.4, -0.2) is 29.4 Å². The van der Waals surface area contributed by atoms with Crippen molar-refractivity contribution in [3.63, 3.8) is 0 Å². The fraction of sp³-hybridized carbons (Fsp3) is 0.167. The van der Waals surface area contributed by atoms with Gasteiger partial charge in [0.25, 0.3) is 0 Å². The monoisotopic (exact) mass is 371 g/mol. The average Bonchev–Trinajstić information content (AvgIpc) is 2.67. The summed E-state index contributed by atoms with van der Waals surface area (Å²) in [6.45, 7) is 0.573. The number of hydrogen-bond acceptors (Lipinski definition) is 7. The summed E-state index contributed by atoms with van der Waals surface area (Å²) in [7, 11) is 3.21. The molecule has 0 amide bonds. The van der Waals surface area contributed by atoms with Crippen LogP contribution < -0.4 is 20.1 Å². The van der Waals surface area contributed by atoms with Gasteiger partial charge in [0.05, 0.1) is 25.4 Å². The molecule has 3 rings (SSSR count). The maximum Gasteiger partial charge on any atom is 0.244 e. The van der Waals surface area contributed by atoms with Gasteiger partial charge in [-0.15, -0.1) is 5.10 Å². The zero-order chi connectivity index (χ0) is 18.4. The van der Waals surface area contributed by atoms with E-state index >= 15 is 0 Å². The van der Waals surface area contributed by atoms with E-state index in [0.29, 0.717) is 29.1 Å². The first-order chi connectivity index (χ1) is 12.7. The van der Waals surface area contributed by atoms with Crippen LogP contribution in [0.4, 0.5) is 17.5 Å². The second kappa shape index (κ2) is 8.35. The van der Waals surface area contributed by atoms with Gasteiger partial charge in [0, 0.05) is 12.2 Å². The quantitative estimate of drug-likeness (QED) is 0.651. The number of methoxy groups -OCH3 is 2. The van der Waals surface area contributed by atoms with Crippen LogP contribution in [-0.2, 0) is 6.54 Å². The summed E-state index contributed by atoms with van der Waals surface area (Å²) in [6.07, 6.45) is 1.54. The molecule has 26 heavy (non-hydrogen) atoms. The number of halogens is 1. The number of aromatic nitrogens is 3. The third-order valence-electron chi connectivity index (χ3n) is 3.59. The van der Waals surface area contributed by atoms with Crippen LogP contribution in [0.25, 0.3) is 0 Å². The van der Waals surface area contributed by atoms with Crippen LogP contribution in [0.15, 0.2) is 48.7 Å². The predicted octanol–water partition coefficient (Wildman–Crippen LogP) is 3.90. The normalized spacial score (nSPS) is 10.3. The summed E-state index contributed by atoms with van der Waals surface area (Å²) in [4.78, 5) is 4.39. The van der Waals surface area contributed by atoms with E-state index in [-0.39, 0.29) is 0 Å². The van der Waals surface area contributed by atoms with E-state index in [1.54, 1.807) is 26.4 Å². The van der Waals surface area contributed by atoms with Crippen LogP contribution >= 0.6 is 11.6 Å². The fourth-order valence-corrected chi connectivity index (χ4v) is 2.51. The number of hydrogen-bond donors (Lipinski definition) is 2. The molecule has 1 heterocycles. The van der Waals surface area contributed by atoms with Gasteiger partial charge in [0.15, 0.2) is 5.82 Å². The molecule has 0 unspecified atom stereocenters. The molecule has 0 radical (unpaired) electrons. The predicted molar refractivity (Wildman–Crippen MR) is 101 cm³/mol. The molecule has 2 N–H and O–H groups in total. The molecular weight excluding hydrogens is 354 g/mol. The number of benzene rings is 2. The Morgan fingerprint density at radius 3 is 2.54 bits per heavy atom. The average molecular weight is 372 g/mol. The standard InChI is InChI=1S/C18H18ClN5O2/c1-25-14-6-3-12(4-7-14)10-20-18-23-17(11-21-24-18)22-13-5-8-16(26-2)15(19)9-13/h3-9,11H,10H2,1-2H3,(H2,20,22,23,24). The van der Waals surface area contributed by atoms with Crippen LogP contribution in [0.1, 0.15) is 5.56 Å². The second-order valence-electron chi connectivity index (χ2n) is 5.34. The maximum atomic E-state index is 6.13. The highest BCUT2D eigenvalue weighted by Gasteiger charge is 2.05. The molecule has 7 nitrogen and oxygen atoms in total. The summed E-state index contributed by atoms with van der Waals surface area (Å²) in [5.41, 5.74) is 1.85. The van der Waals surface area contributed by atoms with Crippen LogP contribution in [0.2, 0.25) is 5.02 Å². The molecule has 1 aromatic heterocycles. The summed E-state index contributed by atoms with van der Waals surface area (Å²) in [5.74, 6) is 2.40. The van der Waals surface area contributed by atoms with E-state index in [4.69, 9.17) is 21.1 Å². The van der Waals surface area contributed by atoms with Crippen molar-refractivity contribution in [3.05, 3.63) is 59.2 Å². The lowest BCUT2D eigenvalue weighted by Gasteiger charge is -2.09. The van der Waals surface area contributed by atoms with Crippen molar-refractivity contribution in [1.82, 2.24) is 15.2 Å². The lowest BCUT2D eigenvalue weighted by molar-refractivity contribution is 0.414. The van der Waals surface area contributed by atoms with Gasteiger partial charge in [-0.2, -0.15) is 10.1 Å². The smallest absolute Gasteiger partial charge is 0.244 e. The third kappa shape index (κ3) is 4.52. The van der Waals surface area contributed by atoms with Gasteiger partial charge in [-0.1, -0.05) is 23.7 Å². The SMILES string of the molecule is COc1ccc(CNc2nncc(Nc3ccc(OC)c(Cl)c3)n2)cc1. The molecule has 8 heteroatoms. The van der Waals surface area contributed by atoms with Gasteiger partial charge >= 0.3 is 0 Å². The molecule has 0 aliphatic rings. The van der Waals surface area contributed by atoms with E-state index < -0.39 is 0 Å². The second-order valence-corrected chi connectivity index (χ2v) is 5.75. The molecule has 0 saturated heterocycles. The Hall–Kier alpha value is -3.06. The molecule has 0 atom stereocenters. The Morgan fingerprint density at radius 1 is 1.04 bits per heavy atom. The number of ether oxygens (including phenoxy) is 2. The van der Waals surface area contributed by atoms with Gasteiger partial charge < -0.3 is 20.1 Å². The lowest BCUT2D eigenvalue weighted by atomic mass is 10.2. The van der Waals surface area contributed by atoms with Crippen molar-refractivity contribution in [2.75, 3.05) is 24.9 Å². The van der Waals surface area contributed by atoms with Crippen LogP contribution in [0, 0.1) is 0 Å². The van der Waals surface area contributed by atoms with E-state index in [2.05, 4.69) is 25.8 Å². The number of anilines is 3. The zero-order valence-electron chi connectivity index (χ0n) is 14.4. The van der Waals surface area contributed by atoms with Crippen molar-refractivity contribution in [1.29, 1.82) is 0 Å². The lowest BCUT2D eigenvalue weighted by Crippen LogP contribution is -2.06. The molecule has 0 aliphatic carbocycles. The van der Waals surface area contributed by atoms with Gasteiger partial charge in [0.1, 0.15) is 11.5 Å². The van der Waals surface area contributed by atoms with E-state index in [0.717, 1.165) is 17.0 Å². The first-order valence-electron chi connectivity index (χ1n) is 7.85. The number of nitrogens with one attached hydrogen (secondary N) is 2. The zero-order valence-corrected chi connectivity index (χ0v) is 15.1. The van der Waals surface area contributed by atoms with Gasteiger partial charge in [-0.25, -0.2) is 0 Å². The fourth-order valence-electron chi connectivity index (χ4n) is 2.26. The Labute approximate surface area is 156 Å². The highest BCUT2D eigenvalue weighted by atomic mass is 35.5. The first-order valence-corrected chi connectivity index (χ1v) is 8.23. The molecule has 0 saturated carbocycles. The van der Waals surface area contributed by atoms with E-state index in [1.807, 2.05) is 30.3 Å². The summed E-state index contributed by atoms with van der Waals surface area (Å²) in [6, 6.07) is 13.1. The Balaban J connectivity index is 1.64. The van der Waals surface area contributed by atoms with Crippen molar-refractivity contribution >= 4 is 29.1 Å². The Morgan fingerprint density at radius 2 is 1.85 bits per heavy atom. The van der Waals surface area contributed by atoms with Crippen LogP contribution in [0.3, 0.4) is 0 Å². The maximum absolute atomic E-state index is 6.13. The largest absolute Gasteiger partial charge is 0.497 e. The molecule has 2 aromatic carbocycles. The van der Waals surface area contributed by atoms with Gasteiger partial charge in [-0.3, -0.25) is 0 Å². The van der Waals surface area contributed by atoms with Crippen molar-refractivity contribution in [2.45, 2.75) is 6.54 Å². The molecule has 3 aromatic rings. The topological polar surface area (TPSA) is 81.2 Å². The molecule has 0 aliphatic heterocycles. The highest BCUT2D eigenvalue weighted by molar-refractivity contribution is 6.32. The summed E-state index contributed by atoms with van der Waals surface area (Å²) >= 11 is 6.13. The van der Waals surface area contributed by atoms with E-state index in [1.165, 1.54) is 6.20 Å². The minimum atomic E-state index is 0.422. The number of nitrogens with zero attached hydrogens (tertiary/aromatic N) is 3. The van der Waals surface area contributed by atoms with Gasteiger partial charge in [0.2, 0.25) is 5.95 Å². The molecule has 0 fully saturated rings. The molecule has 0 spiro atoms. The minimum absolute atomic E-state index is 0.422. The Bertz CT molecular complexity index is 874. The summed E-state index contributed by atoms with van der Waals surface area (Å²) in [5, 5.41) is 14.7. The molecule has 134 valence electrons. The minimum Gasteiger partial charge on any atom is -0.497 e. The van der Waals surface area contributed by atoms with Gasteiger partial charge in [-0.05, 0) is 35.9 Å². The molecular formula is C18H18ClN5O2. The Kier molecular flexibility index (Phi) is 5.70. The first kappa shape index (κ1) is 17.8. The molecule has 0 bridgehead atoms. The van der Waals surface area contributed by atoms with Crippen LogP contribution in [0.5, 0.6) is 11.5 Å². The van der Waals surface area contributed by atoms with Crippen molar-refractivity contribution in [2.24, 2.45) is 0 Å². The third-order valence-corrected chi connectivity index (χ3v) is 3.89. The summed E-state index contributed by atoms with van der Waals surface area (Å²) < 4.78 is 10.3. The van der Waals surface area contributed by atoms with Crippen molar-refractivity contribution in [3.8, 4) is 11.5 Å². The highest BCUT2D eigenvalue weighted by Crippen LogP contribution is 2.28.